The number of ether oxygens (including phenoxy) is 3. The summed E-state index contributed by atoms with van der Waals surface area (Å²) in [6, 6.07) is 13.5. The number of nitrogens with one attached hydrogen (secondary N) is 1. The van der Waals surface area contributed by atoms with Crippen LogP contribution in [0.1, 0.15) is 30.9 Å². The van der Waals surface area contributed by atoms with Gasteiger partial charge in [0.05, 0.1) is 27.2 Å². The Hall–Kier alpha value is -2.69. The summed E-state index contributed by atoms with van der Waals surface area (Å²) in [7, 11) is 4.85. The second-order valence-electron chi connectivity index (χ2n) is 6.73. The molecule has 0 saturated heterocycles. The lowest BCUT2D eigenvalue weighted by Crippen LogP contribution is -2.33. The Balaban J connectivity index is 2.06. The van der Waals surface area contributed by atoms with Gasteiger partial charge in [-0.15, -0.1) is 0 Å². The fraction of sp³-hybridized carbons (Fsp3) is 0.409. The van der Waals surface area contributed by atoms with Gasteiger partial charge in [0.1, 0.15) is 5.75 Å². The SMILES string of the molecule is COc1cccc(CCNC(=O)C(c2ccc(OC)c(OC)c2)C(C)C)c1. The number of amides is 1. The Morgan fingerprint density at radius 1 is 0.963 bits per heavy atom. The standard InChI is InChI=1S/C22H29NO4/c1-15(2)21(17-9-10-19(26-4)20(14-17)27-5)22(24)23-12-11-16-7-6-8-18(13-16)25-3/h6-10,13-15,21H,11-12H2,1-5H3,(H,23,24). The summed E-state index contributed by atoms with van der Waals surface area (Å²) in [4.78, 5) is 12.8. The second kappa shape index (κ2) is 9.86. The Bertz CT molecular complexity index is 758. The van der Waals surface area contributed by atoms with Crippen molar-refractivity contribution in [1.82, 2.24) is 5.32 Å². The lowest BCUT2D eigenvalue weighted by molar-refractivity contribution is -0.123. The van der Waals surface area contributed by atoms with Gasteiger partial charge in [-0.25, -0.2) is 0 Å². The molecule has 2 aromatic rings. The average Bonchev–Trinajstić information content (AvgIpc) is 2.67. The van der Waals surface area contributed by atoms with Gasteiger partial charge in [0.15, 0.2) is 11.5 Å². The minimum Gasteiger partial charge on any atom is -0.497 e. The van der Waals surface area contributed by atoms with Gasteiger partial charge >= 0.3 is 0 Å². The molecule has 2 aromatic carbocycles. The maximum absolute atomic E-state index is 12.8. The molecule has 0 aliphatic carbocycles. The van der Waals surface area contributed by atoms with E-state index in [2.05, 4.69) is 5.32 Å². The van der Waals surface area contributed by atoms with E-state index in [9.17, 15) is 4.79 Å². The first-order valence-electron chi connectivity index (χ1n) is 9.12. The third kappa shape index (κ3) is 5.39. The Kier molecular flexibility index (Phi) is 7.53. The van der Waals surface area contributed by atoms with Gasteiger partial charge in [-0.1, -0.05) is 32.0 Å². The molecule has 146 valence electrons. The highest BCUT2D eigenvalue weighted by molar-refractivity contribution is 5.84. The fourth-order valence-electron chi connectivity index (χ4n) is 3.15. The van der Waals surface area contributed by atoms with Gasteiger partial charge in [-0.3, -0.25) is 4.79 Å². The quantitative estimate of drug-likeness (QED) is 0.728. The summed E-state index contributed by atoms with van der Waals surface area (Å²) in [5.74, 6) is 2.02. The zero-order valence-corrected chi connectivity index (χ0v) is 16.7. The lowest BCUT2D eigenvalue weighted by Gasteiger charge is -2.22. The van der Waals surface area contributed by atoms with Crippen LogP contribution in [0.5, 0.6) is 17.2 Å². The number of benzene rings is 2. The van der Waals surface area contributed by atoms with Gasteiger partial charge in [0.2, 0.25) is 5.91 Å². The van der Waals surface area contributed by atoms with E-state index >= 15 is 0 Å². The summed E-state index contributed by atoms with van der Waals surface area (Å²) >= 11 is 0. The Labute approximate surface area is 161 Å². The molecule has 5 heteroatoms. The van der Waals surface area contributed by atoms with Crippen molar-refractivity contribution in [3.05, 3.63) is 53.6 Å². The van der Waals surface area contributed by atoms with Crippen molar-refractivity contribution in [2.45, 2.75) is 26.2 Å². The molecular weight excluding hydrogens is 342 g/mol. The first kappa shape index (κ1) is 20.6. The largest absolute Gasteiger partial charge is 0.497 e. The van der Waals surface area contributed by atoms with Crippen LogP contribution < -0.4 is 19.5 Å². The van der Waals surface area contributed by atoms with Gasteiger partial charge in [0, 0.05) is 6.54 Å². The summed E-state index contributed by atoms with van der Waals surface area (Å²) in [5, 5.41) is 3.06. The fourth-order valence-corrected chi connectivity index (χ4v) is 3.15. The number of carbonyl (C=O) groups is 1. The summed E-state index contributed by atoms with van der Waals surface area (Å²) in [6.07, 6.45) is 0.750. The van der Waals surface area contributed by atoms with Crippen LogP contribution >= 0.6 is 0 Å². The van der Waals surface area contributed by atoms with E-state index in [-0.39, 0.29) is 17.7 Å². The number of carbonyl (C=O) groups excluding carboxylic acids is 1. The minimum absolute atomic E-state index is 0.0140. The third-order valence-electron chi connectivity index (χ3n) is 4.56. The van der Waals surface area contributed by atoms with Crippen LogP contribution in [0.25, 0.3) is 0 Å². The first-order chi connectivity index (χ1) is 13.0. The van der Waals surface area contributed by atoms with Crippen LogP contribution in [0.4, 0.5) is 0 Å². The second-order valence-corrected chi connectivity index (χ2v) is 6.73. The van der Waals surface area contributed by atoms with Gasteiger partial charge in [-0.05, 0) is 47.7 Å². The van der Waals surface area contributed by atoms with Crippen molar-refractivity contribution in [3.8, 4) is 17.2 Å². The zero-order valence-electron chi connectivity index (χ0n) is 16.7. The molecule has 1 unspecified atom stereocenters. The molecule has 0 aromatic heterocycles. The van der Waals surface area contributed by atoms with Crippen molar-refractivity contribution in [1.29, 1.82) is 0 Å². The van der Waals surface area contributed by atoms with Crippen LogP contribution in [0.2, 0.25) is 0 Å². The molecule has 1 atom stereocenters. The van der Waals surface area contributed by atoms with E-state index in [1.165, 1.54) is 0 Å². The molecule has 0 saturated carbocycles. The van der Waals surface area contributed by atoms with Crippen molar-refractivity contribution < 1.29 is 19.0 Å². The highest BCUT2D eigenvalue weighted by atomic mass is 16.5. The van der Waals surface area contributed by atoms with Crippen LogP contribution in [-0.4, -0.2) is 33.8 Å². The van der Waals surface area contributed by atoms with Crippen LogP contribution in [0.3, 0.4) is 0 Å². The summed E-state index contributed by atoms with van der Waals surface area (Å²) in [5.41, 5.74) is 2.04. The molecule has 0 radical (unpaired) electrons. The molecule has 1 amide bonds. The van der Waals surface area contributed by atoms with E-state index < -0.39 is 0 Å². The molecule has 0 fully saturated rings. The van der Waals surface area contributed by atoms with Crippen LogP contribution in [0.15, 0.2) is 42.5 Å². The highest BCUT2D eigenvalue weighted by Gasteiger charge is 2.25. The van der Waals surface area contributed by atoms with Gasteiger partial charge < -0.3 is 19.5 Å². The monoisotopic (exact) mass is 371 g/mol. The number of hydrogen-bond acceptors (Lipinski definition) is 4. The molecule has 0 heterocycles. The van der Waals surface area contributed by atoms with Crippen molar-refractivity contribution in [3.63, 3.8) is 0 Å². The normalized spacial score (nSPS) is 11.8. The van der Waals surface area contributed by atoms with E-state index in [4.69, 9.17) is 14.2 Å². The van der Waals surface area contributed by atoms with E-state index in [0.717, 1.165) is 23.3 Å². The molecule has 1 N–H and O–H groups in total. The molecule has 0 aliphatic rings. The van der Waals surface area contributed by atoms with E-state index in [1.54, 1.807) is 21.3 Å². The topological polar surface area (TPSA) is 56.8 Å². The molecule has 27 heavy (non-hydrogen) atoms. The molecule has 0 spiro atoms. The third-order valence-corrected chi connectivity index (χ3v) is 4.56. The highest BCUT2D eigenvalue weighted by Crippen LogP contribution is 2.33. The summed E-state index contributed by atoms with van der Waals surface area (Å²) in [6.45, 7) is 4.66. The smallest absolute Gasteiger partial charge is 0.227 e. The predicted octanol–water partition coefficient (Wildman–Crippen LogP) is 3.81. The molecule has 5 nitrogen and oxygen atoms in total. The molecule has 0 bridgehead atoms. The van der Waals surface area contributed by atoms with Crippen LogP contribution in [0, 0.1) is 5.92 Å². The number of rotatable bonds is 9. The minimum atomic E-state index is -0.255. The Morgan fingerprint density at radius 2 is 1.70 bits per heavy atom. The summed E-state index contributed by atoms with van der Waals surface area (Å²) < 4.78 is 15.9. The predicted molar refractivity (Wildman–Crippen MR) is 107 cm³/mol. The number of hydrogen-bond donors (Lipinski definition) is 1. The van der Waals surface area contributed by atoms with Crippen molar-refractivity contribution in [2.24, 2.45) is 5.92 Å². The zero-order chi connectivity index (χ0) is 19.8. The lowest BCUT2D eigenvalue weighted by atomic mass is 9.87. The molecule has 0 aliphatic heterocycles. The van der Waals surface area contributed by atoms with Crippen LogP contribution in [-0.2, 0) is 11.2 Å². The molecule has 2 rings (SSSR count). The average molecular weight is 371 g/mol. The maximum Gasteiger partial charge on any atom is 0.227 e. The van der Waals surface area contributed by atoms with Gasteiger partial charge in [-0.2, -0.15) is 0 Å². The van der Waals surface area contributed by atoms with Crippen molar-refractivity contribution >= 4 is 5.91 Å². The number of methoxy groups -OCH3 is 3. The van der Waals surface area contributed by atoms with Gasteiger partial charge in [0.25, 0.3) is 0 Å². The van der Waals surface area contributed by atoms with E-state index in [1.807, 2.05) is 56.3 Å². The van der Waals surface area contributed by atoms with Crippen molar-refractivity contribution in [2.75, 3.05) is 27.9 Å². The Morgan fingerprint density at radius 3 is 2.33 bits per heavy atom. The molecular formula is C22H29NO4. The van der Waals surface area contributed by atoms with E-state index in [0.29, 0.717) is 18.0 Å². The maximum atomic E-state index is 12.8. The first-order valence-corrected chi connectivity index (χ1v) is 9.12.